The first-order valence-corrected chi connectivity index (χ1v) is 6.69. The first-order chi connectivity index (χ1) is 8.25. The Morgan fingerprint density at radius 1 is 0.941 bits per heavy atom. The van der Waals surface area contributed by atoms with Gasteiger partial charge in [0, 0.05) is 6.07 Å². The third-order valence-electron chi connectivity index (χ3n) is 2.97. The maximum absolute atomic E-state index is 10.9. The van der Waals surface area contributed by atoms with Crippen molar-refractivity contribution >= 4 is 0 Å². The van der Waals surface area contributed by atoms with Crippen molar-refractivity contribution in [3.63, 3.8) is 0 Å². The molecule has 0 heterocycles. The first kappa shape index (κ1) is 13.9. The Bertz CT molecular complexity index is 374. The minimum atomic E-state index is -0.468. The smallest absolute Gasteiger partial charge is 0.267 e. The third kappa shape index (κ3) is 5.16. The molecule has 0 N–H and O–H groups in total. The summed E-state index contributed by atoms with van der Waals surface area (Å²) >= 11 is 0. The fraction of sp³-hybridized carbons (Fsp3) is 0.714. The lowest BCUT2D eigenvalue weighted by molar-refractivity contribution is 0.298. The van der Waals surface area contributed by atoms with Crippen LogP contribution in [-0.2, 0) is 0 Å². The van der Waals surface area contributed by atoms with Crippen LogP contribution in [0.5, 0.6) is 5.75 Å². The monoisotopic (exact) mass is 238 g/mol. The van der Waals surface area contributed by atoms with Crippen molar-refractivity contribution in [2.75, 3.05) is 6.61 Å². The van der Waals surface area contributed by atoms with E-state index in [0.717, 1.165) is 12.8 Å². The number of hydrogen-bond donors (Lipinski definition) is 0. The molecule has 0 spiro atoms. The zero-order valence-corrected chi connectivity index (χ0v) is 10.7. The lowest BCUT2D eigenvalue weighted by atomic mass is 10.1. The van der Waals surface area contributed by atoms with E-state index in [0.29, 0.717) is 6.61 Å². The minimum absolute atomic E-state index is 0.248. The van der Waals surface area contributed by atoms with Crippen molar-refractivity contribution in [1.29, 1.82) is 0 Å². The highest BCUT2D eigenvalue weighted by Crippen LogP contribution is 2.09. The van der Waals surface area contributed by atoms with Crippen LogP contribution >= 0.6 is 0 Å². The lowest BCUT2D eigenvalue weighted by Crippen LogP contribution is -2.30. The van der Waals surface area contributed by atoms with Crippen LogP contribution in [0.3, 0.4) is 0 Å². The molecule has 3 heteroatoms. The molecule has 1 aromatic carbocycles. The predicted molar refractivity (Wildman–Crippen MR) is 69.5 cm³/mol. The molecule has 0 aliphatic rings. The second-order valence-electron chi connectivity index (χ2n) is 4.53. The number of rotatable bonds is 10. The van der Waals surface area contributed by atoms with Gasteiger partial charge in [0.2, 0.25) is 5.43 Å². The molecule has 0 unspecified atom stereocenters. The van der Waals surface area contributed by atoms with Gasteiger partial charge in [0.1, 0.15) is 0 Å². The number of hydrogen-bond acceptors (Lipinski definition) is 3. The third-order valence-corrected chi connectivity index (χ3v) is 2.97. The molecule has 3 nitrogen and oxygen atoms in total. The van der Waals surface area contributed by atoms with Gasteiger partial charge >= 0.3 is 0 Å². The van der Waals surface area contributed by atoms with Crippen molar-refractivity contribution in [1.82, 2.24) is 0 Å². The molecule has 96 valence electrons. The van der Waals surface area contributed by atoms with Gasteiger partial charge in [-0.15, -0.1) is 0 Å². The van der Waals surface area contributed by atoms with Crippen LogP contribution < -0.4 is 15.6 Å². The summed E-state index contributed by atoms with van der Waals surface area (Å²) < 4.78 is 5.20. The van der Waals surface area contributed by atoms with Crippen LogP contribution in [0.4, 0.5) is 0 Å². The second kappa shape index (κ2) is 8.04. The van der Waals surface area contributed by atoms with Gasteiger partial charge in [-0.2, -0.15) is 0 Å². The van der Waals surface area contributed by atoms with E-state index in [9.17, 15) is 9.59 Å². The van der Waals surface area contributed by atoms with E-state index in [4.69, 9.17) is 4.74 Å². The van der Waals surface area contributed by atoms with Crippen LogP contribution in [0.15, 0.2) is 15.7 Å². The summed E-state index contributed by atoms with van der Waals surface area (Å²) in [5.74, 6) is 0.248. The Hall–Kier alpha value is -1.12. The molecule has 0 aliphatic heterocycles. The second-order valence-corrected chi connectivity index (χ2v) is 4.53. The molecule has 0 aliphatic carbocycles. The molecule has 1 aromatic rings. The zero-order chi connectivity index (χ0) is 12.5. The molecular formula is C14H22O3. The van der Waals surface area contributed by atoms with Crippen molar-refractivity contribution < 1.29 is 4.74 Å². The molecule has 0 fully saturated rings. The van der Waals surface area contributed by atoms with Gasteiger partial charge < -0.3 is 4.74 Å². The van der Waals surface area contributed by atoms with Crippen LogP contribution in [0.1, 0.15) is 58.3 Å². The molecule has 0 atom stereocenters. The molecule has 0 amide bonds. The Morgan fingerprint density at radius 3 is 2.06 bits per heavy atom. The van der Waals surface area contributed by atoms with Gasteiger partial charge in [-0.3, -0.25) is 9.59 Å². The Kier molecular flexibility index (Phi) is 6.60. The van der Waals surface area contributed by atoms with Crippen molar-refractivity contribution in [3.8, 4) is 5.75 Å². The van der Waals surface area contributed by atoms with E-state index in [1.54, 1.807) is 0 Å². The average Bonchev–Trinajstić information content (AvgIpc) is 2.35. The summed E-state index contributed by atoms with van der Waals surface area (Å²) in [5.41, 5.74) is -0.902. The van der Waals surface area contributed by atoms with Crippen LogP contribution in [0.25, 0.3) is 0 Å². The van der Waals surface area contributed by atoms with Gasteiger partial charge in [0.25, 0.3) is 5.43 Å². The maximum atomic E-state index is 10.9. The van der Waals surface area contributed by atoms with Gasteiger partial charge in [-0.1, -0.05) is 51.9 Å². The van der Waals surface area contributed by atoms with E-state index in [2.05, 4.69) is 6.92 Å². The van der Waals surface area contributed by atoms with Crippen molar-refractivity contribution in [3.05, 3.63) is 26.5 Å². The molecule has 0 saturated carbocycles. The highest BCUT2D eigenvalue weighted by Gasteiger charge is 2.09. The molecule has 17 heavy (non-hydrogen) atoms. The molecule has 0 radical (unpaired) electrons. The summed E-state index contributed by atoms with van der Waals surface area (Å²) in [6.07, 6.45) is 9.93. The van der Waals surface area contributed by atoms with E-state index in [-0.39, 0.29) is 5.75 Å². The fourth-order valence-corrected chi connectivity index (χ4v) is 1.82. The normalized spacial score (nSPS) is 10.9. The van der Waals surface area contributed by atoms with E-state index >= 15 is 0 Å². The topological polar surface area (TPSA) is 43.4 Å². The number of unbranched alkanes of at least 4 members (excludes halogenated alkanes) is 7. The minimum Gasteiger partial charge on any atom is -0.489 e. The van der Waals surface area contributed by atoms with Crippen LogP contribution in [0.2, 0.25) is 0 Å². The summed E-state index contributed by atoms with van der Waals surface area (Å²) in [6, 6.07) is 1.27. The largest absolute Gasteiger partial charge is 0.489 e. The van der Waals surface area contributed by atoms with E-state index in [1.165, 1.54) is 44.6 Å². The quantitative estimate of drug-likeness (QED) is 0.465. The van der Waals surface area contributed by atoms with Gasteiger partial charge in [0.05, 0.1) is 6.61 Å². The highest BCUT2D eigenvalue weighted by molar-refractivity contribution is 5.26. The van der Waals surface area contributed by atoms with E-state index < -0.39 is 10.9 Å². The fourth-order valence-electron chi connectivity index (χ4n) is 1.82. The lowest BCUT2D eigenvalue weighted by Gasteiger charge is -2.05. The summed E-state index contributed by atoms with van der Waals surface area (Å²) in [5, 5.41) is 0. The van der Waals surface area contributed by atoms with Gasteiger partial charge in [-0.25, -0.2) is 0 Å². The summed E-state index contributed by atoms with van der Waals surface area (Å²) in [4.78, 5) is 21.5. The van der Waals surface area contributed by atoms with Gasteiger partial charge in [-0.05, 0) is 6.42 Å². The predicted octanol–water partition coefficient (Wildman–Crippen LogP) is 2.80. The molecular weight excluding hydrogens is 216 g/mol. The van der Waals surface area contributed by atoms with E-state index in [1.807, 2.05) is 0 Å². The van der Waals surface area contributed by atoms with Crippen molar-refractivity contribution in [2.24, 2.45) is 0 Å². The molecule has 1 rings (SSSR count). The van der Waals surface area contributed by atoms with Gasteiger partial charge in [0.15, 0.2) is 5.75 Å². The van der Waals surface area contributed by atoms with Crippen LogP contribution in [-0.4, -0.2) is 6.61 Å². The van der Waals surface area contributed by atoms with Crippen LogP contribution in [0, 0.1) is 0 Å². The molecule has 0 saturated heterocycles. The molecule has 0 aromatic heterocycles. The first-order valence-electron chi connectivity index (χ1n) is 6.69. The SMILES string of the molecule is CCCCCCCCCCOc1cc(=O)c1=O. The highest BCUT2D eigenvalue weighted by atomic mass is 16.5. The zero-order valence-electron chi connectivity index (χ0n) is 10.7. The molecule has 0 bridgehead atoms. The number of ether oxygens (including phenoxy) is 1. The summed E-state index contributed by atoms with van der Waals surface area (Å²) in [7, 11) is 0. The Labute approximate surface area is 102 Å². The maximum Gasteiger partial charge on any atom is 0.267 e. The Balaban J connectivity index is 1.87. The standard InChI is InChI=1S/C14H22O3/c1-2-3-4-5-6-7-8-9-10-17-13-11-12(15)14(13)16/h11H,2-10H2,1H3. The average molecular weight is 238 g/mol. The van der Waals surface area contributed by atoms with Crippen molar-refractivity contribution in [2.45, 2.75) is 58.3 Å². The summed E-state index contributed by atoms with van der Waals surface area (Å²) in [6.45, 7) is 2.78. The Morgan fingerprint density at radius 2 is 1.53 bits per heavy atom.